The van der Waals surface area contributed by atoms with Crippen molar-refractivity contribution in [3.8, 4) is 68.2 Å². The highest BCUT2D eigenvalue weighted by Gasteiger charge is 2.38. The van der Waals surface area contributed by atoms with Gasteiger partial charge >= 0.3 is 0 Å². The average molecular weight is 637 g/mol. The van der Waals surface area contributed by atoms with Crippen molar-refractivity contribution in [2.75, 3.05) is 47.9 Å². The minimum absolute atomic E-state index is 0.176. The predicted molar refractivity (Wildman–Crippen MR) is 173 cm³/mol. The molecule has 4 heterocycles. The zero-order valence-electron chi connectivity index (χ0n) is 26.6. The quantitative estimate of drug-likeness (QED) is 0.264. The lowest BCUT2D eigenvalue weighted by Crippen LogP contribution is -2.35. The first kappa shape index (κ1) is 28.4. The van der Waals surface area contributed by atoms with Crippen LogP contribution in [0.15, 0.2) is 36.4 Å². The molecule has 0 spiro atoms. The van der Waals surface area contributed by atoms with Gasteiger partial charge < -0.3 is 44.0 Å². The van der Waals surface area contributed by atoms with Crippen LogP contribution in [0.4, 0.5) is 0 Å². The molecule has 2 atom stereocenters. The van der Waals surface area contributed by atoms with E-state index in [4.69, 9.17) is 28.4 Å². The monoisotopic (exact) mass is 636 g/mol. The predicted octanol–water partition coefficient (Wildman–Crippen LogP) is 5.42. The Morgan fingerprint density at radius 3 is 2.26 bits per heavy atom. The fraction of sp³-hybridized carbons (Fsp3) is 0.351. The van der Waals surface area contributed by atoms with Gasteiger partial charge in [0.2, 0.25) is 13.6 Å². The van der Waals surface area contributed by atoms with Gasteiger partial charge in [0.1, 0.15) is 0 Å². The first-order chi connectivity index (χ1) is 22.9. The lowest BCUT2D eigenvalue weighted by Gasteiger charge is -2.40. The third-order valence-electron chi connectivity index (χ3n) is 10.5. The number of nitrogens with one attached hydrogen (secondary N) is 1. The molecule has 0 fully saturated rings. The number of methoxy groups -OCH3 is 2. The summed E-state index contributed by atoms with van der Waals surface area (Å²) in [5, 5.41) is 24.2. The van der Waals surface area contributed by atoms with Crippen molar-refractivity contribution in [2.24, 2.45) is 0 Å². The van der Waals surface area contributed by atoms with Crippen LogP contribution in [-0.2, 0) is 25.7 Å². The molecule has 6 aliphatic rings. The van der Waals surface area contributed by atoms with Gasteiger partial charge in [0.15, 0.2) is 46.0 Å². The summed E-state index contributed by atoms with van der Waals surface area (Å²) in [6, 6.07) is 12.4. The van der Waals surface area contributed by atoms with E-state index in [9.17, 15) is 10.2 Å². The lowest BCUT2D eigenvalue weighted by molar-refractivity contribution is 0.173. The van der Waals surface area contributed by atoms with E-state index in [-0.39, 0.29) is 31.1 Å². The number of hydrogen-bond acceptors (Lipinski definition) is 10. The fourth-order valence-electron chi connectivity index (χ4n) is 8.34. The highest BCUT2D eigenvalue weighted by Crippen LogP contribution is 2.55. The van der Waals surface area contributed by atoms with Crippen LogP contribution < -0.4 is 33.7 Å². The minimum atomic E-state index is 0.176. The van der Waals surface area contributed by atoms with Crippen molar-refractivity contribution in [1.29, 1.82) is 0 Å². The number of likely N-dealkylation sites (N-methyl/N-ethyl adjacent to an activating group) is 1. The molecule has 0 saturated carbocycles. The maximum atomic E-state index is 10.5. The number of phenolic OH excluding ortho intramolecular Hbond substituents is 2. The van der Waals surface area contributed by atoms with Crippen LogP contribution in [0.5, 0.6) is 46.0 Å². The summed E-state index contributed by atoms with van der Waals surface area (Å²) >= 11 is 0. The van der Waals surface area contributed by atoms with Gasteiger partial charge in [0.25, 0.3) is 0 Å². The van der Waals surface area contributed by atoms with Crippen LogP contribution in [0.25, 0.3) is 22.3 Å². The molecule has 0 amide bonds. The van der Waals surface area contributed by atoms with Gasteiger partial charge in [-0.1, -0.05) is 0 Å². The SMILES string of the molecule is COc1c(O)cc2c3c1-c1cc4c(cc1C[C@@H]3N(C)CC2)OCO4.COc1cc2c(cc1O)C[C@@H]1NCCc3cc4c(c-2c31)OCO4. The van der Waals surface area contributed by atoms with Crippen LogP contribution in [0.2, 0.25) is 0 Å². The van der Waals surface area contributed by atoms with Crippen LogP contribution in [0, 0.1) is 0 Å². The smallest absolute Gasteiger partial charge is 0.231 e. The molecule has 0 bridgehead atoms. The van der Waals surface area contributed by atoms with E-state index >= 15 is 0 Å². The number of fused-ring (bicyclic) bond motifs is 7. The summed E-state index contributed by atoms with van der Waals surface area (Å²) in [6.07, 6.45) is 3.70. The molecule has 4 aliphatic heterocycles. The zero-order chi connectivity index (χ0) is 32.0. The number of benzene rings is 4. The van der Waals surface area contributed by atoms with Gasteiger partial charge in [-0.15, -0.1) is 0 Å². The molecule has 0 radical (unpaired) electrons. The van der Waals surface area contributed by atoms with Crippen molar-refractivity contribution in [2.45, 2.75) is 37.8 Å². The summed E-state index contributed by atoms with van der Waals surface area (Å²) in [5.41, 5.74) is 11.7. The number of ether oxygens (including phenoxy) is 6. The Morgan fingerprint density at radius 1 is 0.723 bits per heavy atom. The molecule has 3 N–H and O–H groups in total. The van der Waals surface area contributed by atoms with E-state index in [0.717, 1.165) is 89.6 Å². The van der Waals surface area contributed by atoms with Crippen LogP contribution in [-0.4, -0.2) is 63.1 Å². The molecule has 2 aliphatic carbocycles. The van der Waals surface area contributed by atoms with Crippen LogP contribution in [0.3, 0.4) is 0 Å². The van der Waals surface area contributed by atoms with Crippen LogP contribution in [0.1, 0.15) is 45.5 Å². The van der Waals surface area contributed by atoms with Gasteiger partial charge in [-0.05, 0) is 120 Å². The fourth-order valence-corrected chi connectivity index (χ4v) is 8.34. The first-order valence-electron chi connectivity index (χ1n) is 16.1. The molecule has 242 valence electrons. The van der Waals surface area contributed by atoms with E-state index in [1.165, 1.54) is 27.8 Å². The van der Waals surface area contributed by atoms with Gasteiger partial charge in [0, 0.05) is 29.8 Å². The first-order valence-corrected chi connectivity index (χ1v) is 16.1. The number of phenols is 2. The lowest BCUT2D eigenvalue weighted by atomic mass is 9.76. The number of aromatic hydroxyl groups is 2. The van der Waals surface area contributed by atoms with E-state index < -0.39 is 0 Å². The maximum Gasteiger partial charge on any atom is 0.231 e. The summed E-state index contributed by atoms with van der Waals surface area (Å²) in [6.45, 7) is 2.46. The van der Waals surface area contributed by atoms with Gasteiger partial charge in [0.05, 0.1) is 14.2 Å². The normalized spacial score (nSPS) is 20.2. The topological polar surface area (TPSA) is 111 Å². The second-order valence-electron chi connectivity index (χ2n) is 12.9. The van der Waals surface area contributed by atoms with Crippen molar-refractivity contribution >= 4 is 0 Å². The average Bonchev–Trinajstić information content (AvgIpc) is 3.74. The standard InChI is InChI=1S/C19H19NO4.C18H17NO4/c1-20-4-3-10-6-14(21)19(22-2)18-12-8-16-15(23-9-24-16)7-11(12)5-13(20)17(10)18;1-21-14-7-11-10(5-13(14)20)4-12-16-9(2-3-19-12)6-15-18(17(11)16)23-8-22-15/h6-8,13,21H,3-5,9H2,1-2H3;5-7,12,19-20H,2-4,8H2,1H3/t13-;12-/m00/s1. The molecule has 0 saturated heterocycles. The van der Waals surface area contributed by atoms with Gasteiger partial charge in [-0.3, -0.25) is 4.90 Å². The molecule has 0 unspecified atom stereocenters. The molecule has 10 heteroatoms. The Balaban J connectivity index is 0.000000129. The molecular weight excluding hydrogens is 600 g/mol. The second-order valence-corrected chi connectivity index (χ2v) is 12.9. The highest BCUT2D eigenvalue weighted by atomic mass is 16.7. The molecule has 47 heavy (non-hydrogen) atoms. The van der Waals surface area contributed by atoms with Crippen molar-refractivity contribution in [3.63, 3.8) is 0 Å². The van der Waals surface area contributed by atoms with Crippen molar-refractivity contribution in [1.82, 2.24) is 10.2 Å². The highest BCUT2D eigenvalue weighted by molar-refractivity contribution is 5.86. The minimum Gasteiger partial charge on any atom is -0.504 e. The van der Waals surface area contributed by atoms with Crippen molar-refractivity contribution in [3.05, 3.63) is 69.8 Å². The summed E-state index contributed by atoms with van der Waals surface area (Å²) in [5.74, 6) is 4.61. The molecule has 4 aromatic rings. The summed E-state index contributed by atoms with van der Waals surface area (Å²) in [7, 11) is 5.34. The third-order valence-corrected chi connectivity index (χ3v) is 10.5. The van der Waals surface area contributed by atoms with E-state index in [1.54, 1.807) is 14.2 Å². The summed E-state index contributed by atoms with van der Waals surface area (Å²) in [4.78, 5) is 2.38. The number of hydrogen-bond donors (Lipinski definition) is 3. The molecule has 4 aromatic carbocycles. The Bertz CT molecular complexity index is 1970. The Labute approximate surface area is 272 Å². The van der Waals surface area contributed by atoms with Gasteiger partial charge in [-0.2, -0.15) is 0 Å². The number of nitrogens with zero attached hydrogens (tertiary/aromatic N) is 1. The number of rotatable bonds is 2. The molecule has 0 aromatic heterocycles. The second kappa shape index (κ2) is 10.6. The maximum absolute atomic E-state index is 10.5. The molecular formula is C37H36N2O8. The Kier molecular flexibility index (Phi) is 6.42. The largest absolute Gasteiger partial charge is 0.504 e. The van der Waals surface area contributed by atoms with E-state index in [1.807, 2.05) is 24.3 Å². The van der Waals surface area contributed by atoms with E-state index in [2.05, 4.69) is 29.4 Å². The summed E-state index contributed by atoms with van der Waals surface area (Å²) < 4.78 is 33.4. The zero-order valence-corrected chi connectivity index (χ0v) is 26.6. The van der Waals surface area contributed by atoms with Crippen LogP contribution >= 0.6 is 0 Å². The molecule has 10 rings (SSSR count). The third kappa shape index (κ3) is 4.24. The Morgan fingerprint density at radius 2 is 1.43 bits per heavy atom. The van der Waals surface area contributed by atoms with Crippen molar-refractivity contribution < 1.29 is 38.6 Å². The Hall–Kier alpha value is -4.80. The van der Waals surface area contributed by atoms with Gasteiger partial charge in [-0.25, -0.2) is 0 Å². The molecule has 10 nitrogen and oxygen atoms in total. The van der Waals surface area contributed by atoms with E-state index in [0.29, 0.717) is 17.5 Å².